The van der Waals surface area contributed by atoms with Crippen LogP contribution in [0.5, 0.6) is 0 Å². The van der Waals surface area contributed by atoms with Crippen molar-refractivity contribution in [2.45, 2.75) is 63.8 Å². The summed E-state index contributed by atoms with van der Waals surface area (Å²) >= 11 is 0. The summed E-state index contributed by atoms with van der Waals surface area (Å²) in [7, 11) is 0. The fourth-order valence-corrected chi connectivity index (χ4v) is 2.33. The largest absolute Gasteiger partial charge is 0.389 e. The zero-order valence-corrected chi connectivity index (χ0v) is 10.6. The second-order valence-corrected chi connectivity index (χ2v) is 4.93. The van der Waals surface area contributed by atoms with Gasteiger partial charge in [-0.25, -0.2) is 0 Å². The van der Waals surface area contributed by atoms with Crippen molar-refractivity contribution in [3.05, 3.63) is 0 Å². The van der Waals surface area contributed by atoms with Crippen LogP contribution in [0.2, 0.25) is 0 Å². The van der Waals surface area contributed by atoms with Crippen LogP contribution < -0.4 is 5.32 Å². The summed E-state index contributed by atoms with van der Waals surface area (Å²) in [5, 5.41) is 3.20. The number of nitrogens with one attached hydrogen (secondary N) is 1. The maximum atomic E-state index is 12.3. The van der Waals surface area contributed by atoms with E-state index in [1.165, 1.54) is 0 Å². The predicted octanol–water partition coefficient (Wildman–Crippen LogP) is 3.27. The Balaban J connectivity index is 2.53. The zero-order chi connectivity index (χ0) is 12.9. The molecule has 102 valence electrons. The number of hydrogen-bond donors (Lipinski definition) is 1. The van der Waals surface area contributed by atoms with Gasteiger partial charge < -0.3 is 10.1 Å². The van der Waals surface area contributed by atoms with Crippen LogP contribution in [0.1, 0.15) is 46.0 Å². The van der Waals surface area contributed by atoms with Crippen molar-refractivity contribution in [2.75, 3.05) is 13.2 Å². The van der Waals surface area contributed by atoms with E-state index >= 15 is 0 Å². The number of alkyl halides is 3. The third-order valence-electron chi connectivity index (χ3n) is 3.34. The maximum absolute atomic E-state index is 12.3. The van der Waals surface area contributed by atoms with Crippen LogP contribution in [0.3, 0.4) is 0 Å². The second kappa shape index (κ2) is 6.05. The molecule has 1 rings (SSSR count). The molecule has 1 aliphatic heterocycles. The second-order valence-electron chi connectivity index (χ2n) is 4.93. The Kier molecular flexibility index (Phi) is 5.25. The molecule has 17 heavy (non-hydrogen) atoms. The third-order valence-corrected chi connectivity index (χ3v) is 3.34. The molecule has 1 heterocycles. The van der Waals surface area contributed by atoms with Crippen molar-refractivity contribution in [1.82, 2.24) is 5.32 Å². The van der Waals surface area contributed by atoms with Gasteiger partial charge in [0, 0.05) is 19.1 Å². The van der Waals surface area contributed by atoms with Crippen LogP contribution >= 0.6 is 0 Å². The summed E-state index contributed by atoms with van der Waals surface area (Å²) in [6.07, 6.45) is -2.04. The summed E-state index contributed by atoms with van der Waals surface area (Å²) < 4.78 is 42.5. The number of hydrogen-bond acceptors (Lipinski definition) is 2. The van der Waals surface area contributed by atoms with Gasteiger partial charge in [-0.1, -0.05) is 6.92 Å². The number of halogens is 3. The first kappa shape index (κ1) is 14.8. The minimum Gasteiger partial charge on any atom is -0.374 e. The van der Waals surface area contributed by atoms with Crippen molar-refractivity contribution >= 4 is 0 Å². The monoisotopic (exact) mass is 253 g/mol. The van der Waals surface area contributed by atoms with Gasteiger partial charge >= 0.3 is 6.18 Å². The molecule has 0 radical (unpaired) electrons. The summed E-state index contributed by atoms with van der Waals surface area (Å²) in [6, 6.07) is -0.202. The molecule has 0 bridgehead atoms. The molecule has 0 aliphatic carbocycles. The molecule has 1 saturated heterocycles. The molecule has 0 aromatic carbocycles. The Bertz CT molecular complexity index is 224. The van der Waals surface area contributed by atoms with Crippen LogP contribution in [-0.2, 0) is 4.74 Å². The first-order chi connectivity index (χ1) is 7.87. The lowest BCUT2D eigenvalue weighted by atomic mass is 9.89. The van der Waals surface area contributed by atoms with Crippen molar-refractivity contribution in [3.8, 4) is 0 Å². The predicted molar refractivity (Wildman–Crippen MR) is 61.0 cm³/mol. The van der Waals surface area contributed by atoms with E-state index in [0.717, 1.165) is 25.8 Å². The minimum atomic E-state index is -4.08. The third kappa shape index (κ3) is 4.84. The lowest BCUT2D eigenvalue weighted by Gasteiger charge is -2.34. The lowest BCUT2D eigenvalue weighted by molar-refractivity contribution is -0.140. The Hall–Kier alpha value is -0.290. The van der Waals surface area contributed by atoms with Gasteiger partial charge in [0.05, 0.1) is 5.60 Å². The fraction of sp³-hybridized carbons (Fsp3) is 1.00. The first-order valence-corrected chi connectivity index (χ1v) is 6.31. The fourth-order valence-electron chi connectivity index (χ4n) is 2.33. The summed E-state index contributed by atoms with van der Waals surface area (Å²) in [5.74, 6) is 0. The van der Waals surface area contributed by atoms with Crippen LogP contribution in [0, 0.1) is 0 Å². The molecule has 1 fully saturated rings. The van der Waals surface area contributed by atoms with Gasteiger partial charge in [0.1, 0.15) is 0 Å². The maximum Gasteiger partial charge on any atom is 0.389 e. The standard InChI is InChI=1S/C12H22F3NO/c1-3-8-16-10(5-7-12(13,14)15)11(2)6-4-9-17-11/h10,16H,3-9H2,1-2H3. The van der Waals surface area contributed by atoms with Crippen LogP contribution in [-0.4, -0.2) is 31.0 Å². The van der Waals surface area contributed by atoms with Gasteiger partial charge in [0.25, 0.3) is 0 Å². The normalized spacial score (nSPS) is 27.4. The smallest absolute Gasteiger partial charge is 0.374 e. The molecule has 0 saturated carbocycles. The van der Waals surface area contributed by atoms with E-state index in [2.05, 4.69) is 5.32 Å². The summed E-state index contributed by atoms with van der Waals surface area (Å²) in [5.41, 5.74) is -0.430. The molecular weight excluding hydrogens is 231 g/mol. The Morgan fingerprint density at radius 2 is 2.12 bits per heavy atom. The van der Waals surface area contributed by atoms with Crippen molar-refractivity contribution in [3.63, 3.8) is 0 Å². The van der Waals surface area contributed by atoms with Gasteiger partial charge in [-0.15, -0.1) is 0 Å². The highest BCUT2D eigenvalue weighted by Gasteiger charge is 2.40. The average molecular weight is 253 g/mol. The van der Waals surface area contributed by atoms with Gasteiger partial charge in [-0.2, -0.15) is 13.2 Å². The zero-order valence-electron chi connectivity index (χ0n) is 10.6. The van der Waals surface area contributed by atoms with Crippen LogP contribution in [0.25, 0.3) is 0 Å². The Morgan fingerprint density at radius 1 is 1.41 bits per heavy atom. The van der Waals surface area contributed by atoms with E-state index in [9.17, 15) is 13.2 Å². The van der Waals surface area contributed by atoms with Crippen molar-refractivity contribution in [2.24, 2.45) is 0 Å². The highest BCUT2D eigenvalue weighted by atomic mass is 19.4. The van der Waals surface area contributed by atoms with Gasteiger partial charge in [-0.3, -0.25) is 0 Å². The number of rotatable bonds is 6. The van der Waals surface area contributed by atoms with E-state index in [0.29, 0.717) is 6.61 Å². The number of ether oxygens (including phenoxy) is 1. The van der Waals surface area contributed by atoms with Crippen LogP contribution in [0.15, 0.2) is 0 Å². The molecule has 0 aromatic rings. The van der Waals surface area contributed by atoms with Gasteiger partial charge in [0.15, 0.2) is 0 Å². The highest BCUT2D eigenvalue weighted by Crippen LogP contribution is 2.33. The molecule has 2 nitrogen and oxygen atoms in total. The van der Waals surface area contributed by atoms with Crippen molar-refractivity contribution < 1.29 is 17.9 Å². The molecule has 2 unspecified atom stereocenters. The SMILES string of the molecule is CCCNC(CCC(F)(F)F)C1(C)CCCO1. The Morgan fingerprint density at radius 3 is 2.59 bits per heavy atom. The topological polar surface area (TPSA) is 21.3 Å². The van der Waals surface area contributed by atoms with E-state index < -0.39 is 18.2 Å². The molecule has 1 N–H and O–H groups in total. The van der Waals surface area contributed by atoms with E-state index in [4.69, 9.17) is 4.74 Å². The molecule has 0 amide bonds. The van der Waals surface area contributed by atoms with E-state index in [-0.39, 0.29) is 12.5 Å². The quantitative estimate of drug-likeness (QED) is 0.784. The Labute approximate surface area is 101 Å². The molecular formula is C12H22F3NO. The van der Waals surface area contributed by atoms with Gasteiger partial charge in [-0.05, 0) is 39.2 Å². The minimum absolute atomic E-state index is 0.0972. The van der Waals surface area contributed by atoms with Crippen molar-refractivity contribution in [1.29, 1.82) is 0 Å². The van der Waals surface area contributed by atoms with Crippen LogP contribution in [0.4, 0.5) is 13.2 Å². The molecule has 1 aliphatic rings. The average Bonchev–Trinajstić information content (AvgIpc) is 2.64. The molecule has 2 atom stereocenters. The molecule has 0 spiro atoms. The lowest BCUT2D eigenvalue weighted by Crippen LogP contribution is -2.49. The highest BCUT2D eigenvalue weighted by molar-refractivity contribution is 4.92. The van der Waals surface area contributed by atoms with Gasteiger partial charge in [0.2, 0.25) is 0 Å². The molecule has 5 heteroatoms. The van der Waals surface area contributed by atoms with E-state index in [1.807, 2.05) is 13.8 Å². The first-order valence-electron chi connectivity index (χ1n) is 6.31. The molecule has 0 aromatic heterocycles. The van der Waals surface area contributed by atoms with E-state index in [1.54, 1.807) is 0 Å². The summed E-state index contributed by atoms with van der Waals surface area (Å²) in [6.45, 7) is 5.32. The summed E-state index contributed by atoms with van der Waals surface area (Å²) in [4.78, 5) is 0.